The Hall–Kier alpha value is -1.32. The van der Waals surface area contributed by atoms with Gasteiger partial charge >= 0.3 is 0 Å². The third-order valence-electron chi connectivity index (χ3n) is 1.48. The van der Waals surface area contributed by atoms with Gasteiger partial charge in [0.15, 0.2) is 5.82 Å². The van der Waals surface area contributed by atoms with Gasteiger partial charge in [0, 0.05) is 29.4 Å². The van der Waals surface area contributed by atoms with Crippen LogP contribution in [0, 0.1) is 5.89 Å². The summed E-state index contributed by atoms with van der Waals surface area (Å²) in [6, 6.07) is 2.09. The second kappa shape index (κ2) is 3.82. The van der Waals surface area contributed by atoms with Crippen LogP contribution in [0.3, 0.4) is 0 Å². The van der Waals surface area contributed by atoms with Crippen molar-refractivity contribution in [2.45, 2.75) is 19.6 Å². The number of hydrogen-bond acceptors (Lipinski definition) is 4. The Morgan fingerprint density at radius 3 is 3.36 bits per heavy atom. The molecule has 2 heterocycles. The second-order valence-corrected chi connectivity index (χ2v) is 2.50. The van der Waals surface area contributed by atoms with Crippen molar-refractivity contribution in [3.63, 3.8) is 0 Å². The molecule has 0 aliphatic carbocycles. The average Bonchev–Trinajstić information content (AvgIpc) is 2.45. The summed E-state index contributed by atoms with van der Waals surface area (Å²) in [5.74, 6) is -4.45. The normalized spacial score (nSPS) is 55.6. The van der Waals surface area contributed by atoms with E-state index in [0.717, 1.165) is 12.1 Å². The van der Waals surface area contributed by atoms with Crippen LogP contribution in [-0.4, -0.2) is 23.2 Å². The van der Waals surface area contributed by atoms with Gasteiger partial charge in [0.1, 0.15) is 5.82 Å². The zero-order chi connectivity index (χ0) is 20.6. The van der Waals surface area contributed by atoms with Crippen molar-refractivity contribution in [1.29, 1.82) is 0 Å². The molecule has 14 heavy (non-hydrogen) atoms. The number of aromatic nitrogens is 2. The van der Waals surface area contributed by atoms with Crippen LogP contribution in [0.25, 0.3) is 0 Å². The molecule has 1 unspecified atom stereocenters. The van der Waals surface area contributed by atoms with E-state index in [1.54, 1.807) is 0 Å². The molecule has 76 valence electrons. The van der Waals surface area contributed by atoms with Gasteiger partial charge in [-0.05, 0) is 30.8 Å². The standard InChI is InChI=1S/C10H16N4/c1-8-3-2-6-14(7-8)10-5-4-9(11)12-13-10/h4-5,8H,2-3,6-7H2,1H3,(H2,11,12)/i1D3,2D2,3D2,6D2,7D2,8D. The van der Waals surface area contributed by atoms with E-state index in [1.807, 2.05) is 0 Å². The lowest BCUT2D eigenvalue weighted by Crippen LogP contribution is -2.34. The Kier molecular flexibility index (Phi) is 0.715. The molecule has 1 fully saturated rings. The molecule has 2 N–H and O–H groups in total. The van der Waals surface area contributed by atoms with Crippen molar-refractivity contribution in [2.24, 2.45) is 5.89 Å². The van der Waals surface area contributed by atoms with Crippen LogP contribution in [0.1, 0.15) is 36.0 Å². The highest BCUT2D eigenvalue weighted by Gasteiger charge is 2.17. The van der Waals surface area contributed by atoms with Crippen molar-refractivity contribution >= 4 is 11.6 Å². The van der Waals surface area contributed by atoms with Gasteiger partial charge in [-0.15, -0.1) is 10.2 Å². The van der Waals surface area contributed by atoms with Crippen LogP contribution in [0.15, 0.2) is 12.1 Å². The third-order valence-corrected chi connectivity index (χ3v) is 1.48. The fraction of sp³-hybridized carbons (Fsp3) is 0.600. The Bertz CT molecular complexity index is 699. The lowest BCUT2D eigenvalue weighted by atomic mass is 10.0. The highest BCUT2D eigenvalue weighted by atomic mass is 15.3. The zero-order valence-electron chi connectivity index (χ0n) is 19.1. The van der Waals surface area contributed by atoms with Gasteiger partial charge in [0.2, 0.25) is 0 Å². The first-order chi connectivity index (χ1) is 11.4. The van der Waals surface area contributed by atoms with Gasteiger partial charge in [-0.25, -0.2) is 0 Å². The lowest BCUT2D eigenvalue weighted by molar-refractivity contribution is 0.444. The molecule has 4 heteroatoms. The molecule has 0 amide bonds. The lowest BCUT2D eigenvalue weighted by Gasteiger charge is -2.31. The number of nitrogens with zero attached hydrogens (tertiary/aromatic N) is 3. The minimum Gasteiger partial charge on any atom is -0.382 e. The number of anilines is 2. The van der Waals surface area contributed by atoms with E-state index in [9.17, 15) is 0 Å². The maximum atomic E-state index is 8.20. The van der Waals surface area contributed by atoms with Crippen LogP contribution >= 0.6 is 0 Å². The van der Waals surface area contributed by atoms with Crippen LogP contribution < -0.4 is 10.6 Å². The summed E-state index contributed by atoms with van der Waals surface area (Å²) in [4.78, 5) is 0.00708. The van der Waals surface area contributed by atoms with E-state index < -0.39 is 44.3 Å². The smallest absolute Gasteiger partial charge is 0.151 e. The molecule has 1 aliphatic rings. The van der Waals surface area contributed by atoms with E-state index in [4.69, 9.17) is 22.2 Å². The molecule has 1 aliphatic heterocycles. The van der Waals surface area contributed by atoms with Crippen LogP contribution in [0.4, 0.5) is 11.6 Å². The van der Waals surface area contributed by atoms with Crippen molar-refractivity contribution in [1.82, 2.24) is 10.2 Å². The molecule has 1 aromatic rings. The summed E-state index contributed by atoms with van der Waals surface area (Å²) in [5, 5.41) is 6.88. The zero-order valence-corrected chi connectivity index (χ0v) is 7.07. The van der Waals surface area contributed by atoms with Crippen LogP contribution in [0.2, 0.25) is 0 Å². The van der Waals surface area contributed by atoms with Crippen LogP contribution in [0.5, 0.6) is 0 Å². The molecular weight excluding hydrogens is 176 g/mol. The molecule has 0 saturated carbocycles. The van der Waals surface area contributed by atoms with Gasteiger partial charge in [-0.2, -0.15) is 0 Å². The number of piperidine rings is 1. The van der Waals surface area contributed by atoms with Gasteiger partial charge < -0.3 is 10.6 Å². The van der Waals surface area contributed by atoms with Crippen molar-refractivity contribution < 1.29 is 16.4 Å². The molecule has 1 atom stereocenters. The predicted octanol–water partition coefficient (Wildman–Crippen LogP) is 1.30. The first-order valence-electron chi connectivity index (χ1n) is 9.77. The van der Waals surface area contributed by atoms with Crippen molar-refractivity contribution in [3.8, 4) is 0 Å². The van der Waals surface area contributed by atoms with Gasteiger partial charge in [0.25, 0.3) is 0 Å². The summed E-state index contributed by atoms with van der Waals surface area (Å²) in [6.45, 7) is -10.6. The predicted molar refractivity (Wildman–Crippen MR) is 57.1 cm³/mol. The van der Waals surface area contributed by atoms with E-state index in [0.29, 0.717) is 0 Å². The molecular formula is C10H16N4. The first kappa shape index (κ1) is 2.62. The van der Waals surface area contributed by atoms with E-state index >= 15 is 0 Å². The van der Waals surface area contributed by atoms with Gasteiger partial charge in [0.05, 0.1) is 0 Å². The monoisotopic (exact) mass is 204 g/mol. The highest BCUT2D eigenvalue weighted by Crippen LogP contribution is 2.20. The highest BCUT2D eigenvalue weighted by molar-refractivity contribution is 5.41. The fourth-order valence-electron chi connectivity index (χ4n) is 0.883. The second-order valence-electron chi connectivity index (χ2n) is 2.50. The van der Waals surface area contributed by atoms with Crippen molar-refractivity contribution in [2.75, 3.05) is 23.6 Å². The SMILES string of the molecule is [2H]C([2H])([2H])C1([2H])C([2H])([2H])N(c2ccc(N)nn2)C([2H])([2H])C([2H])([2H])C1([2H])[2H]. The van der Waals surface area contributed by atoms with Gasteiger partial charge in [-0.3, -0.25) is 0 Å². The maximum Gasteiger partial charge on any atom is 0.151 e. The minimum atomic E-state index is -3.74. The number of rotatable bonds is 1. The largest absolute Gasteiger partial charge is 0.382 e. The fourth-order valence-corrected chi connectivity index (χ4v) is 0.883. The molecule has 0 spiro atoms. The van der Waals surface area contributed by atoms with E-state index in [2.05, 4.69) is 10.2 Å². The van der Waals surface area contributed by atoms with Gasteiger partial charge in [-0.1, -0.05) is 6.85 Å². The summed E-state index contributed by atoms with van der Waals surface area (Å²) < 4.78 is 94.9. The third kappa shape index (κ3) is 1.95. The molecule has 0 aromatic carbocycles. The average molecular weight is 204 g/mol. The summed E-state index contributed by atoms with van der Waals surface area (Å²) in [7, 11) is 0. The molecule has 4 nitrogen and oxygen atoms in total. The quantitative estimate of drug-likeness (QED) is 0.749. The first-order valence-corrected chi connectivity index (χ1v) is 3.77. The summed E-state index contributed by atoms with van der Waals surface area (Å²) in [6.07, 6.45) is -7.35. The number of hydrogen-bond donors (Lipinski definition) is 1. The summed E-state index contributed by atoms with van der Waals surface area (Å²) in [5.41, 5.74) is 5.37. The van der Waals surface area contributed by atoms with E-state index in [-0.39, 0.29) is 10.7 Å². The molecule has 1 aromatic heterocycles. The molecule has 1 saturated heterocycles. The van der Waals surface area contributed by atoms with Crippen molar-refractivity contribution in [3.05, 3.63) is 12.1 Å². The van der Waals surface area contributed by atoms with Crippen LogP contribution in [-0.2, 0) is 0 Å². The molecule has 0 radical (unpaired) electrons. The maximum absolute atomic E-state index is 8.20. The number of nitrogen functional groups attached to an aromatic ring is 1. The van der Waals surface area contributed by atoms with E-state index in [1.165, 1.54) is 0 Å². The molecule has 2 rings (SSSR count). The Morgan fingerprint density at radius 1 is 1.71 bits per heavy atom. The molecule has 0 bridgehead atoms. The number of nitrogens with two attached hydrogens (primary N) is 1. The Balaban J connectivity index is 2.90. The summed E-state index contributed by atoms with van der Waals surface area (Å²) >= 11 is 0. The Morgan fingerprint density at radius 2 is 2.64 bits per heavy atom. The topological polar surface area (TPSA) is 55.0 Å². The minimum absolute atomic E-state index is 0.00708. The Labute approximate surface area is 101 Å².